The molecule has 0 bridgehead atoms. The van der Waals surface area contributed by atoms with Gasteiger partial charge in [-0.25, -0.2) is 0 Å². The molecule has 0 unspecified atom stereocenters. The van der Waals surface area contributed by atoms with Gasteiger partial charge in [0.25, 0.3) is 5.56 Å². The van der Waals surface area contributed by atoms with Crippen LogP contribution in [0.5, 0.6) is 17.2 Å². The van der Waals surface area contributed by atoms with Crippen LogP contribution in [0.3, 0.4) is 0 Å². The number of aryl methyl sites for hydroxylation is 1. The first-order valence-electron chi connectivity index (χ1n) is 10.7. The monoisotopic (exact) mass is 468 g/mol. The Morgan fingerprint density at radius 2 is 1.70 bits per heavy atom. The molecule has 0 saturated carbocycles. The SMILES string of the molecule is COc1ccc(CN2CNc3c(c(=O)[nH]c(=S)n3CCc3ccc(OC)c(OC)c3)C2)cc1. The van der Waals surface area contributed by atoms with E-state index in [1.807, 2.05) is 47.0 Å². The van der Waals surface area contributed by atoms with Gasteiger partial charge in [-0.1, -0.05) is 18.2 Å². The summed E-state index contributed by atoms with van der Waals surface area (Å²) in [4.78, 5) is 17.7. The van der Waals surface area contributed by atoms with E-state index in [1.54, 1.807) is 21.3 Å². The smallest absolute Gasteiger partial charge is 0.258 e. The van der Waals surface area contributed by atoms with Crippen LogP contribution in [-0.4, -0.2) is 42.4 Å². The van der Waals surface area contributed by atoms with Crippen molar-refractivity contribution in [2.24, 2.45) is 0 Å². The lowest BCUT2D eigenvalue weighted by Gasteiger charge is -2.31. The largest absolute Gasteiger partial charge is 0.497 e. The number of benzene rings is 2. The Hall–Kier alpha value is -3.30. The van der Waals surface area contributed by atoms with Gasteiger partial charge in [0.05, 0.1) is 33.6 Å². The average Bonchev–Trinajstić information content (AvgIpc) is 2.84. The van der Waals surface area contributed by atoms with Crippen molar-refractivity contribution in [1.82, 2.24) is 14.5 Å². The van der Waals surface area contributed by atoms with Crippen molar-refractivity contribution in [2.45, 2.75) is 26.1 Å². The van der Waals surface area contributed by atoms with Crippen LogP contribution in [0.2, 0.25) is 0 Å². The lowest BCUT2D eigenvalue weighted by molar-refractivity contribution is 0.262. The van der Waals surface area contributed by atoms with Crippen molar-refractivity contribution < 1.29 is 14.2 Å². The first kappa shape index (κ1) is 22.9. The van der Waals surface area contributed by atoms with Gasteiger partial charge in [0.15, 0.2) is 16.3 Å². The van der Waals surface area contributed by atoms with Gasteiger partial charge >= 0.3 is 0 Å². The van der Waals surface area contributed by atoms with Gasteiger partial charge < -0.3 is 24.1 Å². The molecular formula is C24H28N4O4S. The maximum Gasteiger partial charge on any atom is 0.258 e. The minimum atomic E-state index is -0.149. The number of nitrogens with zero attached hydrogens (tertiary/aromatic N) is 2. The summed E-state index contributed by atoms with van der Waals surface area (Å²) in [5, 5.41) is 3.42. The molecule has 1 aromatic heterocycles. The second kappa shape index (κ2) is 10.1. The highest BCUT2D eigenvalue weighted by atomic mass is 32.1. The topological polar surface area (TPSA) is 80.8 Å². The molecule has 0 spiro atoms. The number of aromatic nitrogens is 2. The Balaban J connectivity index is 1.52. The van der Waals surface area contributed by atoms with Gasteiger partial charge in [-0.05, 0) is 54.0 Å². The normalized spacial score (nSPS) is 13.2. The molecule has 2 heterocycles. The quantitative estimate of drug-likeness (QED) is 0.489. The predicted molar refractivity (Wildman–Crippen MR) is 130 cm³/mol. The van der Waals surface area contributed by atoms with Crippen LogP contribution in [0.15, 0.2) is 47.3 Å². The van der Waals surface area contributed by atoms with Crippen LogP contribution in [0.4, 0.5) is 5.82 Å². The highest BCUT2D eigenvalue weighted by Crippen LogP contribution is 2.28. The van der Waals surface area contributed by atoms with Crippen LogP contribution in [-0.2, 0) is 26.1 Å². The van der Waals surface area contributed by atoms with E-state index in [4.69, 9.17) is 26.4 Å². The zero-order chi connectivity index (χ0) is 23.4. The van der Waals surface area contributed by atoms with Crippen molar-refractivity contribution in [3.63, 3.8) is 0 Å². The van der Waals surface area contributed by atoms with Crippen molar-refractivity contribution >= 4 is 18.0 Å². The number of aromatic amines is 1. The molecule has 0 saturated heterocycles. The van der Waals surface area contributed by atoms with Crippen molar-refractivity contribution in [2.75, 3.05) is 33.3 Å². The number of hydrogen-bond acceptors (Lipinski definition) is 7. The Morgan fingerprint density at radius 3 is 2.39 bits per heavy atom. The maximum atomic E-state index is 12.7. The van der Waals surface area contributed by atoms with Crippen molar-refractivity contribution in [1.29, 1.82) is 0 Å². The predicted octanol–water partition coefficient (Wildman–Crippen LogP) is 3.56. The number of methoxy groups -OCH3 is 3. The van der Waals surface area contributed by atoms with Crippen LogP contribution in [0, 0.1) is 4.77 Å². The van der Waals surface area contributed by atoms with Gasteiger partial charge in [-0.3, -0.25) is 14.7 Å². The summed E-state index contributed by atoms with van der Waals surface area (Å²) < 4.78 is 18.3. The summed E-state index contributed by atoms with van der Waals surface area (Å²) in [6.45, 7) is 2.50. The zero-order valence-electron chi connectivity index (χ0n) is 19.0. The molecule has 1 aliphatic rings. The van der Waals surface area contributed by atoms with Gasteiger partial charge in [-0.2, -0.15) is 0 Å². The Morgan fingerprint density at radius 1 is 0.970 bits per heavy atom. The molecule has 0 fully saturated rings. The van der Waals surface area contributed by atoms with E-state index < -0.39 is 0 Å². The third-order valence-electron chi connectivity index (χ3n) is 5.78. The zero-order valence-corrected chi connectivity index (χ0v) is 19.8. The molecule has 0 atom stereocenters. The van der Waals surface area contributed by atoms with Crippen molar-refractivity contribution in [3.8, 4) is 17.2 Å². The number of fused-ring (bicyclic) bond motifs is 1. The molecule has 8 nitrogen and oxygen atoms in total. The second-order valence-electron chi connectivity index (χ2n) is 7.85. The second-order valence-corrected chi connectivity index (χ2v) is 8.23. The van der Waals surface area contributed by atoms with Crippen LogP contribution in [0.1, 0.15) is 16.7 Å². The summed E-state index contributed by atoms with van der Waals surface area (Å²) in [5.41, 5.74) is 2.78. The van der Waals surface area contributed by atoms with Gasteiger partial charge in [-0.15, -0.1) is 0 Å². The number of nitrogens with one attached hydrogen (secondary N) is 2. The van der Waals surface area contributed by atoms with E-state index in [-0.39, 0.29) is 5.56 Å². The molecule has 2 aromatic carbocycles. The molecule has 0 aliphatic carbocycles. The fourth-order valence-electron chi connectivity index (χ4n) is 4.02. The summed E-state index contributed by atoms with van der Waals surface area (Å²) >= 11 is 5.48. The average molecular weight is 469 g/mol. The highest BCUT2D eigenvalue weighted by Gasteiger charge is 2.22. The first-order chi connectivity index (χ1) is 16.0. The Kier molecular flexibility index (Phi) is 7.00. The molecule has 0 radical (unpaired) electrons. The van der Waals surface area contributed by atoms with Gasteiger partial charge in [0.1, 0.15) is 11.6 Å². The van der Waals surface area contributed by atoms with Gasteiger partial charge in [0.2, 0.25) is 0 Å². The van der Waals surface area contributed by atoms with Crippen molar-refractivity contribution in [3.05, 3.63) is 74.3 Å². The van der Waals surface area contributed by atoms with E-state index in [1.165, 1.54) is 0 Å². The minimum absolute atomic E-state index is 0.149. The molecule has 9 heteroatoms. The lowest BCUT2D eigenvalue weighted by atomic mass is 10.1. The Labute approximate surface area is 197 Å². The van der Waals surface area contributed by atoms with E-state index in [0.29, 0.717) is 41.6 Å². The number of ether oxygens (including phenoxy) is 3. The molecule has 33 heavy (non-hydrogen) atoms. The third-order valence-corrected chi connectivity index (χ3v) is 6.11. The molecule has 4 rings (SSSR count). The van der Waals surface area contributed by atoms with E-state index in [0.717, 1.165) is 35.7 Å². The molecule has 3 aromatic rings. The number of hydrogen-bond donors (Lipinski definition) is 2. The summed E-state index contributed by atoms with van der Waals surface area (Å²) in [7, 11) is 4.89. The first-order valence-corrected chi connectivity index (χ1v) is 11.1. The summed E-state index contributed by atoms with van der Waals surface area (Å²) in [5.74, 6) is 2.99. The maximum absolute atomic E-state index is 12.7. The standard InChI is InChI=1S/C24H28N4O4S/c1-30-18-7-4-17(5-8-18)13-27-14-19-22(25-15-27)28(24(33)26-23(19)29)11-10-16-6-9-20(31-2)21(12-16)32-3/h4-9,12,25H,10-11,13-15H2,1-3H3,(H,26,29,33). The van der Waals surface area contributed by atoms with Crippen LogP contribution in [0.25, 0.3) is 0 Å². The lowest BCUT2D eigenvalue weighted by Crippen LogP contribution is -2.39. The third kappa shape index (κ3) is 5.04. The fourth-order valence-corrected chi connectivity index (χ4v) is 4.29. The van der Waals surface area contributed by atoms with Crippen LogP contribution < -0.4 is 25.1 Å². The van der Waals surface area contributed by atoms with Crippen LogP contribution >= 0.6 is 12.2 Å². The summed E-state index contributed by atoms with van der Waals surface area (Å²) in [6.07, 6.45) is 0.727. The highest BCUT2D eigenvalue weighted by molar-refractivity contribution is 7.71. The summed E-state index contributed by atoms with van der Waals surface area (Å²) in [6, 6.07) is 13.8. The molecule has 1 aliphatic heterocycles. The van der Waals surface area contributed by atoms with E-state index in [9.17, 15) is 4.79 Å². The van der Waals surface area contributed by atoms with E-state index in [2.05, 4.69) is 15.2 Å². The minimum Gasteiger partial charge on any atom is -0.497 e. The van der Waals surface area contributed by atoms with E-state index >= 15 is 0 Å². The fraction of sp³-hybridized carbons (Fsp3) is 0.333. The molecule has 174 valence electrons. The Bertz CT molecular complexity index is 1240. The molecule has 2 N–H and O–H groups in total. The number of anilines is 1. The number of H-pyrrole nitrogens is 1. The molecule has 0 amide bonds. The van der Waals surface area contributed by atoms with Gasteiger partial charge in [0, 0.05) is 19.6 Å². The molecular weight excluding hydrogens is 440 g/mol. The number of rotatable bonds is 8.